The topological polar surface area (TPSA) is 61.4 Å². The molecule has 3 aromatic rings. The lowest BCUT2D eigenvalue weighted by atomic mass is 10.0. The second-order valence-electron chi connectivity index (χ2n) is 7.75. The summed E-state index contributed by atoms with van der Waals surface area (Å²) in [6, 6.07) is 24.6. The molecule has 6 heteroatoms. The van der Waals surface area contributed by atoms with Crippen LogP contribution in [0.25, 0.3) is 11.1 Å². The van der Waals surface area contributed by atoms with Crippen molar-refractivity contribution < 1.29 is 9.59 Å². The zero-order chi connectivity index (χ0) is 22.3. The van der Waals surface area contributed by atoms with E-state index < -0.39 is 0 Å². The standard InChI is InChI=1S/C26H25N3O2S/c30-24(21-15-13-20(14-16-21)19-9-3-1-4-10-19)28-26(32)27-23-12-6-5-11-22(23)25(31)29-17-7-2-8-18-29/h1,3-6,9-16H,2,7-8,17-18H2,(H2,27,28,30,32). The Morgan fingerprint density at radius 3 is 2.09 bits per heavy atom. The Bertz CT molecular complexity index is 1110. The number of carbonyl (C=O) groups excluding carboxylic acids is 2. The lowest BCUT2D eigenvalue weighted by Gasteiger charge is -2.27. The average Bonchev–Trinajstić information content (AvgIpc) is 2.85. The van der Waals surface area contributed by atoms with E-state index in [1.807, 2.05) is 59.5 Å². The molecule has 0 atom stereocenters. The summed E-state index contributed by atoms with van der Waals surface area (Å²) >= 11 is 5.35. The number of hydrogen-bond acceptors (Lipinski definition) is 3. The fourth-order valence-corrected chi connectivity index (χ4v) is 4.02. The van der Waals surface area contributed by atoms with Crippen LogP contribution in [0.1, 0.15) is 40.0 Å². The van der Waals surface area contributed by atoms with Gasteiger partial charge in [-0.1, -0.05) is 54.6 Å². The van der Waals surface area contributed by atoms with Gasteiger partial charge in [-0.05, 0) is 66.9 Å². The summed E-state index contributed by atoms with van der Waals surface area (Å²) in [5.41, 5.74) is 3.78. The minimum Gasteiger partial charge on any atom is -0.339 e. The first-order valence-corrected chi connectivity index (χ1v) is 11.2. The van der Waals surface area contributed by atoms with Crippen LogP contribution in [0, 0.1) is 0 Å². The quantitative estimate of drug-likeness (QED) is 0.551. The highest BCUT2D eigenvalue weighted by Crippen LogP contribution is 2.21. The fraction of sp³-hybridized carbons (Fsp3) is 0.192. The summed E-state index contributed by atoms with van der Waals surface area (Å²) in [7, 11) is 0. The number of piperidine rings is 1. The molecule has 1 aliphatic rings. The molecule has 1 aliphatic heterocycles. The van der Waals surface area contributed by atoms with Crippen LogP contribution in [0.4, 0.5) is 5.69 Å². The molecule has 1 fully saturated rings. The van der Waals surface area contributed by atoms with Crippen LogP contribution in [-0.2, 0) is 0 Å². The summed E-state index contributed by atoms with van der Waals surface area (Å²) in [6.07, 6.45) is 3.21. The van der Waals surface area contributed by atoms with Gasteiger partial charge >= 0.3 is 0 Å². The maximum absolute atomic E-state index is 12.9. The van der Waals surface area contributed by atoms with Crippen LogP contribution < -0.4 is 10.6 Å². The lowest BCUT2D eigenvalue weighted by molar-refractivity contribution is 0.0725. The lowest BCUT2D eigenvalue weighted by Crippen LogP contribution is -2.37. The Morgan fingerprint density at radius 1 is 0.750 bits per heavy atom. The molecule has 2 amide bonds. The molecule has 5 nitrogen and oxygen atoms in total. The number of amides is 2. The molecule has 0 aromatic heterocycles. The number of nitrogens with one attached hydrogen (secondary N) is 2. The van der Waals surface area contributed by atoms with Crippen molar-refractivity contribution in [2.24, 2.45) is 0 Å². The molecule has 32 heavy (non-hydrogen) atoms. The van der Waals surface area contributed by atoms with Crippen LogP contribution in [0.3, 0.4) is 0 Å². The van der Waals surface area contributed by atoms with Gasteiger partial charge in [0, 0.05) is 18.7 Å². The van der Waals surface area contributed by atoms with E-state index in [4.69, 9.17) is 12.2 Å². The first-order valence-electron chi connectivity index (χ1n) is 10.8. The molecule has 0 unspecified atom stereocenters. The number of thiocarbonyl (C=S) groups is 1. The van der Waals surface area contributed by atoms with Crippen LogP contribution in [-0.4, -0.2) is 34.9 Å². The van der Waals surface area contributed by atoms with Crippen molar-refractivity contribution in [3.63, 3.8) is 0 Å². The van der Waals surface area contributed by atoms with Gasteiger partial charge in [0.25, 0.3) is 11.8 Å². The smallest absolute Gasteiger partial charge is 0.257 e. The Kier molecular flexibility index (Phi) is 6.92. The summed E-state index contributed by atoms with van der Waals surface area (Å²) in [6.45, 7) is 1.54. The average molecular weight is 444 g/mol. The van der Waals surface area contributed by atoms with Gasteiger partial charge in [-0.15, -0.1) is 0 Å². The van der Waals surface area contributed by atoms with Gasteiger partial charge in [0.05, 0.1) is 11.3 Å². The van der Waals surface area contributed by atoms with E-state index in [-0.39, 0.29) is 16.9 Å². The monoisotopic (exact) mass is 443 g/mol. The van der Waals surface area contributed by atoms with E-state index >= 15 is 0 Å². The van der Waals surface area contributed by atoms with Crippen molar-refractivity contribution in [1.29, 1.82) is 0 Å². The Morgan fingerprint density at radius 2 is 1.38 bits per heavy atom. The molecule has 4 rings (SSSR count). The Balaban J connectivity index is 1.41. The van der Waals surface area contributed by atoms with Crippen molar-refractivity contribution in [3.05, 3.63) is 90.0 Å². The molecule has 1 heterocycles. The molecule has 1 saturated heterocycles. The maximum atomic E-state index is 12.9. The molecule has 3 aromatic carbocycles. The van der Waals surface area contributed by atoms with Crippen LogP contribution in [0.15, 0.2) is 78.9 Å². The highest BCUT2D eigenvalue weighted by Gasteiger charge is 2.21. The Hall–Kier alpha value is -3.51. The molecule has 0 bridgehead atoms. The minimum atomic E-state index is -0.304. The van der Waals surface area contributed by atoms with Crippen LogP contribution >= 0.6 is 12.2 Å². The number of rotatable bonds is 4. The van der Waals surface area contributed by atoms with Gasteiger partial charge in [-0.3, -0.25) is 14.9 Å². The number of likely N-dealkylation sites (tertiary alicyclic amines) is 1. The number of anilines is 1. The number of carbonyl (C=O) groups is 2. The van der Waals surface area contributed by atoms with Crippen molar-refractivity contribution in [2.45, 2.75) is 19.3 Å². The van der Waals surface area contributed by atoms with Gasteiger partial charge in [-0.2, -0.15) is 0 Å². The third kappa shape index (κ3) is 5.21. The van der Waals surface area contributed by atoms with E-state index in [1.165, 1.54) is 0 Å². The zero-order valence-corrected chi connectivity index (χ0v) is 18.5. The van der Waals surface area contributed by atoms with Gasteiger partial charge in [-0.25, -0.2) is 0 Å². The van der Waals surface area contributed by atoms with E-state index in [0.29, 0.717) is 16.8 Å². The molecular formula is C26H25N3O2S. The van der Waals surface area contributed by atoms with Gasteiger partial charge in [0.1, 0.15) is 0 Å². The molecule has 0 saturated carbocycles. The number of hydrogen-bond donors (Lipinski definition) is 2. The molecule has 0 spiro atoms. The van der Waals surface area contributed by atoms with E-state index in [1.54, 1.807) is 24.3 Å². The van der Waals surface area contributed by atoms with Crippen LogP contribution in [0.2, 0.25) is 0 Å². The Labute approximate surface area is 193 Å². The summed E-state index contributed by atoms with van der Waals surface area (Å²) in [5.74, 6) is -0.319. The SMILES string of the molecule is O=C(NC(=S)Nc1ccccc1C(=O)N1CCCCC1)c1ccc(-c2ccccc2)cc1. The predicted octanol–water partition coefficient (Wildman–Crippen LogP) is 5.11. The number of para-hydroxylation sites is 1. The first-order chi connectivity index (χ1) is 15.6. The first kappa shape index (κ1) is 21.7. The van der Waals surface area contributed by atoms with Gasteiger partial charge in [0.15, 0.2) is 5.11 Å². The van der Waals surface area contributed by atoms with Gasteiger partial charge in [0.2, 0.25) is 0 Å². The second kappa shape index (κ2) is 10.2. The molecule has 162 valence electrons. The van der Waals surface area contributed by atoms with Crippen LogP contribution in [0.5, 0.6) is 0 Å². The maximum Gasteiger partial charge on any atom is 0.257 e. The predicted molar refractivity (Wildman–Crippen MR) is 132 cm³/mol. The highest BCUT2D eigenvalue weighted by atomic mass is 32.1. The third-order valence-electron chi connectivity index (χ3n) is 5.53. The van der Waals surface area contributed by atoms with E-state index in [9.17, 15) is 9.59 Å². The van der Waals surface area contributed by atoms with E-state index in [2.05, 4.69) is 10.6 Å². The molecule has 0 radical (unpaired) electrons. The second-order valence-corrected chi connectivity index (χ2v) is 8.16. The number of nitrogens with zero attached hydrogens (tertiary/aromatic N) is 1. The number of benzene rings is 3. The normalized spacial score (nSPS) is 13.3. The summed E-state index contributed by atoms with van der Waals surface area (Å²) < 4.78 is 0. The largest absolute Gasteiger partial charge is 0.339 e. The summed E-state index contributed by atoms with van der Waals surface area (Å²) in [5, 5.41) is 5.88. The fourth-order valence-electron chi connectivity index (χ4n) is 3.82. The zero-order valence-electron chi connectivity index (χ0n) is 17.7. The third-order valence-corrected chi connectivity index (χ3v) is 5.73. The van der Waals surface area contributed by atoms with E-state index in [0.717, 1.165) is 43.5 Å². The van der Waals surface area contributed by atoms with Crippen molar-refractivity contribution in [2.75, 3.05) is 18.4 Å². The minimum absolute atomic E-state index is 0.0153. The van der Waals surface area contributed by atoms with Crippen molar-refractivity contribution in [3.8, 4) is 11.1 Å². The summed E-state index contributed by atoms with van der Waals surface area (Å²) in [4.78, 5) is 27.5. The highest BCUT2D eigenvalue weighted by molar-refractivity contribution is 7.80. The van der Waals surface area contributed by atoms with Crippen molar-refractivity contribution >= 4 is 34.8 Å². The molecule has 0 aliphatic carbocycles. The van der Waals surface area contributed by atoms with Gasteiger partial charge < -0.3 is 10.2 Å². The molecule has 2 N–H and O–H groups in total. The molecular weight excluding hydrogens is 418 g/mol. The van der Waals surface area contributed by atoms with Crippen molar-refractivity contribution in [1.82, 2.24) is 10.2 Å².